The molecule has 2 fully saturated rings. The summed E-state index contributed by atoms with van der Waals surface area (Å²) in [4.78, 5) is 2.50. The van der Waals surface area contributed by atoms with Crippen molar-refractivity contribution in [3.8, 4) is 0 Å². The molecular formula is C13H15ClIN. The first kappa shape index (κ1) is 11.1. The summed E-state index contributed by atoms with van der Waals surface area (Å²) in [6.45, 7) is 2.51. The van der Waals surface area contributed by atoms with Crippen LogP contribution in [0.5, 0.6) is 0 Å². The maximum Gasteiger partial charge on any atom is 0.0503 e. The summed E-state index contributed by atoms with van der Waals surface area (Å²) in [5, 5.41) is 0.837. The Kier molecular flexibility index (Phi) is 2.83. The van der Waals surface area contributed by atoms with Gasteiger partial charge in [-0.05, 0) is 53.6 Å². The van der Waals surface area contributed by atoms with Crippen LogP contribution in [0.15, 0.2) is 18.2 Å². The monoisotopic (exact) mass is 347 g/mol. The first-order valence-corrected chi connectivity index (χ1v) is 7.34. The average Bonchev–Trinajstić information content (AvgIpc) is 2.65. The summed E-state index contributed by atoms with van der Waals surface area (Å²) in [5.74, 6) is 0. The predicted molar refractivity (Wildman–Crippen MR) is 77.3 cm³/mol. The Morgan fingerprint density at radius 3 is 2.50 bits per heavy atom. The van der Waals surface area contributed by atoms with Gasteiger partial charge in [0.15, 0.2) is 0 Å². The van der Waals surface area contributed by atoms with E-state index in [9.17, 15) is 0 Å². The maximum atomic E-state index is 5.98. The maximum absolute atomic E-state index is 5.98. The molecule has 0 amide bonds. The van der Waals surface area contributed by atoms with Gasteiger partial charge in [0.1, 0.15) is 0 Å². The van der Waals surface area contributed by atoms with E-state index in [1.807, 2.05) is 6.07 Å². The quantitative estimate of drug-likeness (QED) is 0.684. The number of rotatable bonds is 1. The van der Waals surface area contributed by atoms with E-state index in [0.717, 1.165) is 5.02 Å². The van der Waals surface area contributed by atoms with Crippen molar-refractivity contribution in [3.63, 3.8) is 0 Å². The first-order chi connectivity index (χ1) is 7.69. The van der Waals surface area contributed by atoms with Crippen LogP contribution in [0, 0.1) is 8.99 Å². The zero-order chi connectivity index (χ0) is 11.2. The van der Waals surface area contributed by atoms with Gasteiger partial charge >= 0.3 is 0 Å². The molecule has 2 aliphatic rings. The molecule has 3 heteroatoms. The highest BCUT2D eigenvalue weighted by atomic mass is 127. The summed E-state index contributed by atoms with van der Waals surface area (Å²) in [5.41, 5.74) is 2.03. The second kappa shape index (κ2) is 4.05. The molecule has 1 aliphatic heterocycles. The van der Waals surface area contributed by atoms with Gasteiger partial charge in [-0.2, -0.15) is 0 Å². The molecule has 1 aromatic rings. The molecule has 1 aromatic carbocycles. The van der Waals surface area contributed by atoms with Crippen LogP contribution in [0.3, 0.4) is 0 Å². The zero-order valence-electron chi connectivity index (χ0n) is 9.18. The van der Waals surface area contributed by atoms with Crippen LogP contribution in [0.4, 0.5) is 5.69 Å². The van der Waals surface area contributed by atoms with E-state index in [1.165, 1.54) is 48.0 Å². The molecule has 0 N–H and O–H groups in total. The molecule has 1 heterocycles. The van der Waals surface area contributed by atoms with E-state index in [1.54, 1.807) is 0 Å². The molecule has 86 valence electrons. The fourth-order valence-electron chi connectivity index (χ4n) is 3.11. The number of hydrogen-bond acceptors (Lipinski definition) is 1. The minimum absolute atomic E-state index is 0.669. The topological polar surface area (TPSA) is 3.24 Å². The van der Waals surface area contributed by atoms with E-state index in [4.69, 9.17) is 11.6 Å². The molecule has 0 bridgehead atoms. The second-order valence-corrected chi connectivity index (χ2v) is 6.76. The fraction of sp³-hybridized carbons (Fsp3) is 0.538. The predicted octanol–water partition coefficient (Wildman–Crippen LogP) is 4.33. The largest absolute Gasteiger partial charge is 0.369 e. The molecule has 16 heavy (non-hydrogen) atoms. The number of benzene rings is 1. The van der Waals surface area contributed by atoms with Crippen molar-refractivity contribution in [2.24, 2.45) is 5.41 Å². The lowest BCUT2D eigenvalue weighted by atomic mass is 9.78. The average molecular weight is 348 g/mol. The highest BCUT2D eigenvalue weighted by Crippen LogP contribution is 2.47. The van der Waals surface area contributed by atoms with Gasteiger partial charge in [-0.3, -0.25) is 0 Å². The highest BCUT2D eigenvalue weighted by molar-refractivity contribution is 14.1. The normalized spacial score (nSPS) is 22.5. The van der Waals surface area contributed by atoms with Crippen LogP contribution in [-0.2, 0) is 0 Å². The van der Waals surface area contributed by atoms with Crippen molar-refractivity contribution in [1.29, 1.82) is 0 Å². The van der Waals surface area contributed by atoms with Crippen molar-refractivity contribution in [3.05, 3.63) is 26.8 Å². The Balaban J connectivity index is 1.76. The minimum Gasteiger partial charge on any atom is -0.369 e. The smallest absolute Gasteiger partial charge is 0.0503 e. The van der Waals surface area contributed by atoms with Crippen molar-refractivity contribution in [2.75, 3.05) is 18.0 Å². The lowest BCUT2D eigenvalue weighted by Crippen LogP contribution is -2.55. The number of halogens is 2. The lowest BCUT2D eigenvalue weighted by Gasteiger charge is -2.50. The van der Waals surface area contributed by atoms with Crippen molar-refractivity contribution < 1.29 is 0 Å². The molecule has 0 aromatic heterocycles. The Hall–Kier alpha value is 0.0400. The first-order valence-electron chi connectivity index (χ1n) is 5.89. The third kappa shape index (κ3) is 1.84. The van der Waals surface area contributed by atoms with Gasteiger partial charge in [0, 0.05) is 27.1 Å². The molecule has 1 saturated carbocycles. The highest BCUT2D eigenvalue weighted by Gasteiger charge is 2.44. The van der Waals surface area contributed by atoms with Gasteiger partial charge in [-0.25, -0.2) is 0 Å². The Morgan fingerprint density at radius 2 is 1.88 bits per heavy atom. The van der Waals surface area contributed by atoms with Crippen LogP contribution >= 0.6 is 34.2 Å². The van der Waals surface area contributed by atoms with Crippen LogP contribution < -0.4 is 4.90 Å². The SMILES string of the molecule is Clc1ccc(N2CC3(CCCC3)C2)c(I)c1. The van der Waals surface area contributed by atoms with Crippen LogP contribution in [0.2, 0.25) is 5.02 Å². The Morgan fingerprint density at radius 1 is 1.19 bits per heavy atom. The van der Waals surface area contributed by atoms with E-state index >= 15 is 0 Å². The van der Waals surface area contributed by atoms with Crippen LogP contribution in [0.1, 0.15) is 25.7 Å². The van der Waals surface area contributed by atoms with Gasteiger partial charge in [0.2, 0.25) is 0 Å². The van der Waals surface area contributed by atoms with Crippen molar-refractivity contribution >= 4 is 39.9 Å². The number of anilines is 1. The van der Waals surface area contributed by atoms with Gasteiger partial charge < -0.3 is 4.90 Å². The van der Waals surface area contributed by atoms with Gasteiger partial charge in [0.05, 0.1) is 5.69 Å². The van der Waals surface area contributed by atoms with Crippen molar-refractivity contribution in [1.82, 2.24) is 0 Å². The molecule has 0 atom stereocenters. The zero-order valence-corrected chi connectivity index (χ0v) is 12.1. The van der Waals surface area contributed by atoms with Gasteiger partial charge in [-0.15, -0.1) is 0 Å². The molecule has 1 saturated heterocycles. The summed E-state index contributed by atoms with van der Waals surface area (Å²) in [6, 6.07) is 6.21. The Bertz CT molecular complexity index is 404. The molecule has 3 rings (SSSR count). The standard InChI is InChI=1S/C13H15ClIN/c14-10-3-4-12(11(15)7-10)16-8-13(9-16)5-1-2-6-13/h3-4,7H,1-2,5-6,8-9H2. The van der Waals surface area contributed by atoms with Crippen LogP contribution in [0.25, 0.3) is 0 Å². The summed E-state index contributed by atoms with van der Waals surface area (Å²) in [7, 11) is 0. The van der Waals surface area contributed by atoms with E-state index in [-0.39, 0.29) is 0 Å². The molecule has 0 radical (unpaired) electrons. The van der Waals surface area contributed by atoms with Crippen LogP contribution in [-0.4, -0.2) is 13.1 Å². The third-order valence-corrected chi connectivity index (χ3v) is 5.07. The number of hydrogen-bond donors (Lipinski definition) is 0. The molecule has 1 nitrogen and oxygen atoms in total. The lowest BCUT2D eigenvalue weighted by molar-refractivity contribution is 0.221. The molecule has 1 spiro atoms. The molecule has 1 aliphatic carbocycles. The summed E-state index contributed by atoms with van der Waals surface area (Å²) >= 11 is 8.36. The number of nitrogens with zero attached hydrogens (tertiary/aromatic N) is 1. The van der Waals surface area contributed by atoms with E-state index < -0.39 is 0 Å². The Labute approximate surface area is 115 Å². The third-order valence-electron chi connectivity index (χ3n) is 3.97. The minimum atomic E-state index is 0.669. The van der Waals surface area contributed by atoms with E-state index in [2.05, 4.69) is 39.6 Å². The van der Waals surface area contributed by atoms with Gasteiger partial charge in [-0.1, -0.05) is 24.4 Å². The fourth-order valence-corrected chi connectivity index (χ4v) is 4.33. The molecular weight excluding hydrogens is 333 g/mol. The van der Waals surface area contributed by atoms with Crippen molar-refractivity contribution in [2.45, 2.75) is 25.7 Å². The molecule has 0 unspecified atom stereocenters. The van der Waals surface area contributed by atoms with E-state index in [0.29, 0.717) is 5.41 Å². The summed E-state index contributed by atoms with van der Waals surface area (Å²) < 4.78 is 1.28. The second-order valence-electron chi connectivity index (χ2n) is 5.16. The van der Waals surface area contributed by atoms with Gasteiger partial charge in [0.25, 0.3) is 0 Å². The summed E-state index contributed by atoms with van der Waals surface area (Å²) in [6.07, 6.45) is 5.75.